The van der Waals surface area contributed by atoms with Gasteiger partial charge in [0.1, 0.15) is 5.82 Å². The Kier molecular flexibility index (Phi) is 4.49. The van der Waals surface area contributed by atoms with Crippen LogP contribution in [0, 0.1) is 6.92 Å². The van der Waals surface area contributed by atoms with Gasteiger partial charge in [-0.05, 0) is 42.8 Å². The van der Waals surface area contributed by atoms with Crippen molar-refractivity contribution in [1.29, 1.82) is 0 Å². The van der Waals surface area contributed by atoms with Crippen LogP contribution in [0.15, 0.2) is 42.6 Å². The monoisotopic (exact) mass is 256 g/mol. The van der Waals surface area contributed by atoms with Gasteiger partial charge in [0.2, 0.25) is 0 Å². The molecule has 2 aromatic rings. The predicted molar refractivity (Wildman–Crippen MR) is 78.4 cm³/mol. The van der Waals surface area contributed by atoms with Crippen molar-refractivity contribution in [2.45, 2.75) is 20.0 Å². The Bertz CT molecular complexity index is 539. The highest BCUT2D eigenvalue weighted by molar-refractivity contribution is 5.36. The smallest absolute Gasteiger partial charge is 0.140 e. The average Bonchev–Trinajstić information content (AvgIpc) is 2.41. The summed E-state index contributed by atoms with van der Waals surface area (Å²) in [5.74, 6) is 6.06. The number of hydrazine groups is 1. The van der Waals surface area contributed by atoms with Crippen LogP contribution < -0.4 is 11.3 Å². The molecule has 0 spiro atoms. The number of pyridine rings is 1. The number of nitrogens with two attached hydrogens (primary N) is 1. The van der Waals surface area contributed by atoms with Crippen LogP contribution in [0.1, 0.15) is 16.7 Å². The molecule has 0 atom stereocenters. The first-order valence-corrected chi connectivity index (χ1v) is 6.33. The highest BCUT2D eigenvalue weighted by Gasteiger charge is 2.04. The van der Waals surface area contributed by atoms with Crippen LogP contribution in [-0.2, 0) is 13.1 Å². The van der Waals surface area contributed by atoms with E-state index in [2.05, 4.69) is 53.5 Å². The first-order valence-electron chi connectivity index (χ1n) is 6.33. The lowest BCUT2D eigenvalue weighted by Crippen LogP contribution is -2.18. The number of nitrogens with one attached hydrogen (secondary N) is 1. The van der Waals surface area contributed by atoms with Gasteiger partial charge >= 0.3 is 0 Å². The molecule has 0 radical (unpaired) electrons. The fourth-order valence-electron chi connectivity index (χ4n) is 2.10. The Morgan fingerprint density at radius 1 is 1.21 bits per heavy atom. The minimum atomic E-state index is 0.696. The van der Waals surface area contributed by atoms with E-state index in [1.807, 2.05) is 12.1 Å². The van der Waals surface area contributed by atoms with Crippen LogP contribution in [0.5, 0.6) is 0 Å². The summed E-state index contributed by atoms with van der Waals surface area (Å²) in [5.41, 5.74) is 6.45. The molecule has 0 aliphatic rings. The molecule has 0 bridgehead atoms. The summed E-state index contributed by atoms with van der Waals surface area (Å²) in [6.07, 6.45) is 1.77. The normalized spacial score (nSPS) is 10.7. The number of hydrogen-bond donors (Lipinski definition) is 2. The lowest BCUT2D eigenvalue weighted by molar-refractivity contribution is 0.318. The fourth-order valence-corrected chi connectivity index (χ4v) is 2.10. The van der Waals surface area contributed by atoms with Gasteiger partial charge in [-0.1, -0.05) is 24.3 Å². The van der Waals surface area contributed by atoms with Gasteiger partial charge in [-0.3, -0.25) is 4.90 Å². The van der Waals surface area contributed by atoms with Crippen molar-refractivity contribution in [3.8, 4) is 0 Å². The molecule has 4 nitrogen and oxygen atoms in total. The van der Waals surface area contributed by atoms with E-state index in [4.69, 9.17) is 5.84 Å². The van der Waals surface area contributed by atoms with Gasteiger partial charge in [0, 0.05) is 19.3 Å². The van der Waals surface area contributed by atoms with E-state index in [1.54, 1.807) is 6.20 Å². The molecule has 100 valence electrons. The van der Waals surface area contributed by atoms with Crippen molar-refractivity contribution in [1.82, 2.24) is 9.88 Å². The van der Waals surface area contributed by atoms with Crippen molar-refractivity contribution < 1.29 is 0 Å². The van der Waals surface area contributed by atoms with Gasteiger partial charge in [-0.25, -0.2) is 10.8 Å². The number of anilines is 1. The molecule has 1 aromatic heterocycles. The Hall–Kier alpha value is -1.91. The second kappa shape index (κ2) is 6.31. The predicted octanol–water partition coefficient (Wildman–Crippen LogP) is 2.31. The highest BCUT2D eigenvalue weighted by atomic mass is 15.2. The summed E-state index contributed by atoms with van der Waals surface area (Å²) in [6.45, 7) is 3.94. The molecule has 1 heterocycles. The van der Waals surface area contributed by atoms with E-state index in [-0.39, 0.29) is 0 Å². The Morgan fingerprint density at radius 3 is 2.74 bits per heavy atom. The van der Waals surface area contributed by atoms with E-state index in [0.717, 1.165) is 13.1 Å². The standard InChI is InChI=1S/C15H20N4/c1-12-5-3-4-6-14(12)11-19(2)10-13-7-8-17-15(9-13)18-16/h3-9H,10-11,16H2,1-2H3,(H,17,18). The molecule has 0 unspecified atom stereocenters. The third-order valence-electron chi connectivity index (χ3n) is 3.13. The van der Waals surface area contributed by atoms with Crippen molar-refractivity contribution in [2.24, 2.45) is 5.84 Å². The number of nitrogens with zero attached hydrogens (tertiary/aromatic N) is 2. The van der Waals surface area contributed by atoms with Gasteiger partial charge in [0.05, 0.1) is 0 Å². The molecule has 0 aliphatic carbocycles. The average molecular weight is 256 g/mol. The largest absolute Gasteiger partial charge is 0.308 e. The number of aryl methyl sites for hydroxylation is 1. The van der Waals surface area contributed by atoms with E-state index in [1.165, 1.54) is 16.7 Å². The Balaban J connectivity index is 2.01. The van der Waals surface area contributed by atoms with Crippen molar-refractivity contribution >= 4 is 5.82 Å². The molecular weight excluding hydrogens is 236 g/mol. The third-order valence-corrected chi connectivity index (χ3v) is 3.13. The van der Waals surface area contributed by atoms with E-state index < -0.39 is 0 Å². The molecule has 2 rings (SSSR count). The van der Waals surface area contributed by atoms with Gasteiger partial charge < -0.3 is 5.43 Å². The second-order valence-electron chi connectivity index (χ2n) is 4.79. The molecule has 0 fully saturated rings. The molecule has 0 saturated heterocycles. The maximum atomic E-state index is 5.37. The second-order valence-corrected chi connectivity index (χ2v) is 4.79. The molecular formula is C15H20N4. The van der Waals surface area contributed by atoms with Gasteiger partial charge in [-0.15, -0.1) is 0 Å². The first kappa shape index (κ1) is 13.5. The molecule has 4 heteroatoms. The molecule has 1 aromatic carbocycles. The molecule has 0 amide bonds. The number of nitrogen functional groups attached to an aromatic ring is 1. The van der Waals surface area contributed by atoms with Crippen molar-refractivity contribution in [2.75, 3.05) is 12.5 Å². The minimum Gasteiger partial charge on any atom is -0.308 e. The number of hydrogen-bond acceptors (Lipinski definition) is 4. The molecule has 19 heavy (non-hydrogen) atoms. The highest BCUT2D eigenvalue weighted by Crippen LogP contribution is 2.13. The quantitative estimate of drug-likeness (QED) is 0.636. The first-order chi connectivity index (χ1) is 9.19. The fraction of sp³-hybridized carbons (Fsp3) is 0.267. The number of benzene rings is 1. The van der Waals surface area contributed by atoms with Crippen molar-refractivity contribution in [3.63, 3.8) is 0 Å². The van der Waals surface area contributed by atoms with Crippen molar-refractivity contribution in [3.05, 3.63) is 59.3 Å². The zero-order valence-electron chi connectivity index (χ0n) is 11.4. The summed E-state index contributed by atoms with van der Waals surface area (Å²) >= 11 is 0. The van der Waals surface area contributed by atoms with Crippen LogP contribution in [-0.4, -0.2) is 16.9 Å². The van der Waals surface area contributed by atoms with E-state index in [9.17, 15) is 0 Å². The number of rotatable bonds is 5. The topological polar surface area (TPSA) is 54.2 Å². The van der Waals surface area contributed by atoms with Crippen LogP contribution in [0.25, 0.3) is 0 Å². The lowest BCUT2D eigenvalue weighted by Gasteiger charge is -2.18. The summed E-state index contributed by atoms with van der Waals surface area (Å²) < 4.78 is 0. The van der Waals surface area contributed by atoms with Gasteiger partial charge in [-0.2, -0.15) is 0 Å². The van der Waals surface area contributed by atoms with E-state index >= 15 is 0 Å². The lowest BCUT2D eigenvalue weighted by atomic mass is 10.1. The summed E-state index contributed by atoms with van der Waals surface area (Å²) in [4.78, 5) is 6.38. The van der Waals surface area contributed by atoms with Gasteiger partial charge in [0.15, 0.2) is 0 Å². The zero-order chi connectivity index (χ0) is 13.7. The van der Waals surface area contributed by atoms with E-state index in [0.29, 0.717) is 5.82 Å². The maximum absolute atomic E-state index is 5.37. The molecule has 0 saturated carbocycles. The number of aromatic nitrogens is 1. The summed E-state index contributed by atoms with van der Waals surface area (Å²) in [6, 6.07) is 12.4. The molecule has 3 N–H and O–H groups in total. The Labute approximate surface area is 114 Å². The van der Waals surface area contributed by atoms with Gasteiger partial charge in [0.25, 0.3) is 0 Å². The maximum Gasteiger partial charge on any atom is 0.140 e. The minimum absolute atomic E-state index is 0.696. The van der Waals surface area contributed by atoms with Crippen LogP contribution >= 0.6 is 0 Å². The zero-order valence-corrected chi connectivity index (χ0v) is 11.4. The Morgan fingerprint density at radius 2 is 2.00 bits per heavy atom. The summed E-state index contributed by atoms with van der Waals surface area (Å²) in [7, 11) is 2.11. The van der Waals surface area contributed by atoms with Crippen LogP contribution in [0.2, 0.25) is 0 Å². The van der Waals surface area contributed by atoms with Crippen LogP contribution in [0.3, 0.4) is 0 Å². The molecule has 0 aliphatic heterocycles. The SMILES string of the molecule is Cc1ccccc1CN(C)Cc1ccnc(NN)c1. The summed E-state index contributed by atoms with van der Waals surface area (Å²) in [5, 5.41) is 0. The third kappa shape index (κ3) is 3.77. The van der Waals surface area contributed by atoms with Crippen LogP contribution in [0.4, 0.5) is 5.82 Å².